The normalized spacial score (nSPS) is 31.1. The number of nitrogens with one attached hydrogen (secondary N) is 1. The summed E-state index contributed by atoms with van der Waals surface area (Å²) in [6.07, 6.45) is 3.99. The van der Waals surface area contributed by atoms with Crippen molar-refractivity contribution in [2.24, 2.45) is 17.8 Å². The Kier molecular flexibility index (Phi) is 3.69. The van der Waals surface area contributed by atoms with Crippen molar-refractivity contribution in [3.63, 3.8) is 0 Å². The summed E-state index contributed by atoms with van der Waals surface area (Å²) in [5.74, 6) is 4.19. The van der Waals surface area contributed by atoms with Gasteiger partial charge in [0.2, 0.25) is 0 Å². The van der Waals surface area contributed by atoms with Crippen LogP contribution >= 0.6 is 34.7 Å². The maximum atomic E-state index is 12.1. The van der Waals surface area contributed by atoms with Crippen LogP contribution in [-0.4, -0.2) is 10.2 Å². The summed E-state index contributed by atoms with van der Waals surface area (Å²) >= 11 is 9.30. The van der Waals surface area contributed by atoms with E-state index in [1.165, 1.54) is 35.5 Å². The summed E-state index contributed by atoms with van der Waals surface area (Å²) in [7, 11) is 0. The first-order valence-electron chi connectivity index (χ1n) is 9.43. The van der Waals surface area contributed by atoms with Crippen LogP contribution < -0.4 is 4.87 Å². The van der Waals surface area contributed by atoms with Gasteiger partial charge >= 0.3 is 4.87 Å². The van der Waals surface area contributed by atoms with E-state index >= 15 is 0 Å². The number of aromatic amines is 1. The van der Waals surface area contributed by atoms with Gasteiger partial charge in [-0.25, -0.2) is 0 Å². The van der Waals surface area contributed by atoms with E-state index < -0.39 is 0 Å². The Hall–Kier alpha value is -1.43. The van der Waals surface area contributed by atoms with Crippen LogP contribution in [0.4, 0.5) is 0 Å². The minimum Gasteiger partial charge on any atom is -0.460 e. The SMILES string of the molecule is O=c1[nH]c2c(s1)C(c1ccc(-c3ccc(Cl)cc3)o1)C1C3CCC(C3)C1S2. The van der Waals surface area contributed by atoms with Gasteiger partial charge in [0.25, 0.3) is 0 Å². The first-order valence-corrected chi connectivity index (χ1v) is 11.5. The minimum atomic E-state index is 0.0503. The molecule has 1 aromatic carbocycles. The molecule has 3 nitrogen and oxygen atoms in total. The van der Waals surface area contributed by atoms with Crippen molar-refractivity contribution >= 4 is 34.7 Å². The predicted molar refractivity (Wildman–Crippen MR) is 110 cm³/mol. The Morgan fingerprint density at radius 3 is 2.74 bits per heavy atom. The molecule has 0 spiro atoms. The van der Waals surface area contributed by atoms with Gasteiger partial charge in [-0.05, 0) is 73.4 Å². The molecule has 2 aliphatic carbocycles. The Morgan fingerprint density at radius 2 is 1.89 bits per heavy atom. The number of fused-ring (bicyclic) bond motifs is 6. The van der Waals surface area contributed by atoms with Crippen LogP contribution in [0.1, 0.15) is 35.8 Å². The van der Waals surface area contributed by atoms with Crippen LogP contribution in [0.3, 0.4) is 0 Å². The van der Waals surface area contributed by atoms with Crippen molar-refractivity contribution in [2.45, 2.75) is 35.5 Å². The first-order chi connectivity index (χ1) is 13.2. The highest BCUT2D eigenvalue weighted by Gasteiger charge is 2.55. The molecule has 3 aliphatic rings. The van der Waals surface area contributed by atoms with Crippen molar-refractivity contribution < 1.29 is 4.42 Å². The third kappa shape index (κ3) is 2.51. The van der Waals surface area contributed by atoms with Gasteiger partial charge in [0, 0.05) is 15.8 Å². The number of furan rings is 1. The average molecular weight is 416 g/mol. The molecule has 1 N–H and O–H groups in total. The fourth-order valence-electron chi connectivity index (χ4n) is 5.46. The van der Waals surface area contributed by atoms with E-state index in [2.05, 4.69) is 17.1 Å². The number of halogens is 1. The van der Waals surface area contributed by atoms with Gasteiger partial charge in [0.15, 0.2) is 0 Å². The number of H-pyrrole nitrogens is 1. The van der Waals surface area contributed by atoms with Crippen molar-refractivity contribution in [2.75, 3.05) is 0 Å². The summed E-state index contributed by atoms with van der Waals surface area (Å²) in [6.45, 7) is 0. The van der Waals surface area contributed by atoms with E-state index in [-0.39, 0.29) is 10.8 Å². The highest BCUT2D eigenvalue weighted by atomic mass is 35.5. The molecular formula is C21H18ClNO2S2. The molecule has 2 bridgehead atoms. The average Bonchev–Trinajstić information content (AvgIpc) is 3.43. The minimum absolute atomic E-state index is 0.0503. The van der Waals surface area contributed by atoms with Crippen LogP contribution in [0.25, 0.3) is 11.3 Å². The number of thiazole rings is 1. The van der Waals surface area contributed by atoms with Gasteiger partial charge in [-0.1, -0.05) is 22.9 Å². The zero-order chi connectivity index (χ0) is 18.1. The van der Waals surface area contributed by atoms with E-state index in [4.69, 9.17) is 16.0 Å². The molecule has 0 amide bonds. The van der Waals surface area contributed by atoms with Gasteiger partial charge in [0.05, 0.1) is 15.8 Å². The van der Waals surface area contributed by atoms with Crippen molar-refractivity contribution in [1.29, 1.82) is 0 Å². The third-order valence-electron chi connectivity index (χ3n) is 6.53. The Bertz CT molecular complexity index is 1070. The molecule has 27 heavy (non-hydrogen) atoms. The quantitative estimate of drug-likeness (QED) is 0.558. The molecule has 6 rings (SSSR count). The molecule has 2 fully saturated rings. The second kappa shape index (κ2) is 6.03. The first kappa shape index (κ1) is 16.5. The van der Waals surface area contributed by atoms with E-state index in [9.17, 15) is 4.79 Å². The molecule has 138 valence electrons. The van der Waals surface area contributed by atoms with Gasteiger partial charge < -0.3 is 9.40 Å². The van der Waals surface area contributed by atoms with Crippen molar-refractivity contribution in [1.82, 2.24) is 4.98 Å². The van der Waals surface area contributed by atoms with Crippen LogP contribution in [0.5, 0.6) is 0 Å². The second-order valence-electron chi connectivity index (χ2n) is 7.89. The van der Waals surface area contributed by atoms with Gasteiger partial charge in [-0.15, -0.1) is 11.8 Å². The fourth-order valence-corrected chi connectivity index (χ4v) is 8.46. The van der Waals surface area contributed by atoms with Crippen LogP contribution in [-0.2, 0) is 0 Å². The van der Waals surface area contributed by atoms with Crippen molar-refractivity contribution in [3.8, 4) is 11.3 Å². The summed E-state index contributed by atoms with van der Waals surface area (Å²) in [5, 5.41) is 2.41. The number of benzene rings is 1. The standard InChI is InChI=1S/C21H18ClNO2S2/c22-13-5-3-10(4-6-13)14-7-8-15(25-14)17-16-11-1-2-12(9-11)18(16)26-20-19(17)27-21(24)23-20/h3-8,11-12,16-18H,1-2,9H2,(H,23,24). The van der Waals surface area contributed by atoms with Crippen LogP contribution in [0.15, 0.2) is 50.6 Å². The summed E-state index contributed by atoms with van der Waals surface area (Å²) in [6, 6.07) is 11.9. The highest BCUT2D eigenvalue weighted by molar-refractivity contribution is 8.00. The number of aromatic nitrogens is 1. The molecule has 5 atom stereocenters. The maximum absolute atomic E-state index is 12.1. The fraction of sp³-hybridized carbons (Fsp3) is 0.381. The molecule has 2 saturated carbocycles. The lowest BCUT2D eigenvalue weighted by atomic mass is 9.77. The van der Waals surface area contributed by atoms with Crippen LogP contribution in [0, 0.1) is 17.8 Å². The van der Waals surface area contributed by atoms with E-state index in [0.717, 1.165) is 39.0 Å². The molecule has 6 heteroatoms. The summed E-state index contributed by atoms with van der Waals surface area (Å²) in [4.78, 5) is 16.4. The monoisotopic (exact) mass is 415 g/mol. The molecule has 1 aliphatic heterocycles. The van der Waals surface area contributed by atoms with E-state index in [1.54, 1.807) is 0 Å². The lowest BCUT2D eigenvalue weighted by Gasteiger charge is -2.38. The zero-order valence-electron chi connectivity index (χ0n) is 14.5. The van der Waals surface area contributed by atoms with Crippen LogP contribution in [0.2, 0.25) is 5.02 Å². The lowest BCUT2D eigenvalue weighted by molar-refractivity contribution is 0.285. The van der Waals surface area contributed by atoms with E-state index in [0.29, 0.717) is 11.2 Å². The largest absolute Gasteiger partial charge is 0.460 e. The zero-order valence-corrected chi connectivity index (χ0v) is 16.9. The molecule has 5 unspecified atom stereocenters. The molecule has 0 saturated heterocycles. The smallest absolute Gasteiger partial charge is 0.305 e. The predicted octanol–water partition coefficient (Wildman–Crippen LogP) is 6.00. The Morgan fingerprint density at radius 1 is 1.07 bits per heavy atom. The lowest BCUT2D eigenvalue weighted by Crippen LogP contribution is -2.33. The van der Waals surface area contributed by atoms with E-state index in [1.807, 2.05) is 36.0 Å². The molecule has 3 aromatic rings. The molecule has 0 radical (unpaired) electrons. The summed E-state index contributed by atoms with van der Waals surface area (Å²) < 4.78 is 6.37. The van der Waals surface area contributed by atoms with Gasteiger partial charge in [-0.3, -0.25) is 4.79 Å². The number of thioether (sulfide) groups is 1. The Balaban J connectivity index is 1.45. The number of rotatable bonds is 2. The number of hydrogen-bond acceptors (Lipinski definition) is 4. The summed E-state index contributed by atoms with van der Waals surface area (Å²) in [5.41, 5.74) is 1.03. The molecule has 3 heterocycles. The molecular weight excluding hydrogens is 398 g/mol. The maximum Gasteiger partial charge on any atom is 0.305 e. The Labute approximate surface area is 170 Å². The highest BCUT2D eigenvalue weighted by Crippen LogP contribution is 2.63. The second-order valence-corrected chi connectivity index (χ2v) is 10.5. The van der Waals surface area contributed by atoms with Crippen molar-refractivity contribution in [3.05, 3.63) is 61.7 Å². The third-order valence-corrected chi connectivity index (χ3v) is 9.40. The molecule has 2 aromatic heterocycles. The topological polar surface area (TPSA) is 46.0 Å². The van der Waals surface area contributed by atoms with Gasteiger partial charge in [0.1, 0.15) is 11.5 Å². The number of hydrogen-bond donors (Lipinski definition) is 1. The van der Waals surface area contributed by atoms with Gasteiger partial charge in [-0.2, -0.15) is 0 Å².